The summed E-state index contributed by atoms with van der Waals surface area (Å²) in [6, 6.07) is 0. The van der Waals surface area contributed by atoms with Gasteiger partial charge >= 0.3 is 0 Å². The Balaban J connectivity index is 2.27. The van der Waals surface area contributed by atoms with Gasteiger partial charge in [-0.3, -0.25) is 4.90 Å². The Kier molecular flexibility index (Phi) is 7.44. The number of thioether (sulfide) groups is 1. The second-order valence-electron chi connectivity index (χ2n) is 3.61. The highest BCUT2D eigenvalue weighted by atomic mass is 32.2. The van der Waals surface area contributed by atoms with E-state index in [-0.39, 0.29) is 6.29 Å². The molecule has 0 N–H and O–H groups in total. The van der Waals surface area contributed by atoms with Crippen molar-refractivity contribution in [1.29, 1.82) is 0 Å². The van der Waals surface area contributed by atoms with Crippen molar-refractivity contribution in [2.24, 2.45) is 0 Å². The van der Waals surface area contributed by atoms with Crippen LogP contribution < -0.4 is 0 Å². The molecule has 0 amide bonds. The first kappa shape index (κ1) is 13.3. The Morgan fingerprint density at radius 1 is 1.13 bits per heavy atom. The molecule has 90 valence electrons. The van der Waals surface area contributed by atoms with Gasteiger partial charge in [0.25, 0.3) is 0 Å². The fraction of sp³-hybridized carbons (Fsp3) is 1.00. The maximum Gasteiger partial charge on any atom is 0.170 e. The largest absolute Gasteiger partial charge is 0.352 e. The van der Waals surface area contributed by atoms with Crippen molar-refractivity contribution in [3.8, 4) is 0 Å². The molecule has 1 saturated heterocycles. The molecule has 0 atom stereocenters. The zero-order chi connectivity index (χ0) is 10.9. The SMILES string of the molecule is CCOC(CN1CCCSCC1)OCC. The number of hydrogen-bond acceptors (Lipinski definition) is 4. The van der Waals surface area contributed by atoms with Crippen LogP contribution in [0.3, 0.4) is 0 Å². The van der Waals surface area contributed by atoms with Gasteiger partial charge in [-0.1, -0.05) is 0 Å². The van der Waals surface area contributed by atoms with E-state index in [9.17, 15) is 0 Å². The van der Waals surface area contributed by atoms with E-state index >= 15 is 0 Å². The molecule has 0 radical (unpaired) electrons. The van der Waals surface area contributed by atoms with Crippen LogP contribution in [-0.4, -0.2) is 55.5 Å². The standard InChI is InChI=1S/C11H23NO2S/c1-3-13-11(14-4-2)10-12-6-5-8-15-9-7-12/h11H,3-10H2,1-2H3. The highest BCUT2D eigenvalue weighted by Gasteiger charge is 2.15. The molecule has 15 heavy (non-hydrogen) atoms. The fourth-order valence-corrected chi connectivity index (χ4v) is 2.64. The molecule has 0 bridgehead atoms. The first-order valence-corrected chi connectivity index (χ1v) is 7.05. The molecular weight excluding hydrogens is 210 g/mol. The molecule has 0 saturated carbocycles. The minimum absolute atomic E-state index is 0.0388. The second kappa shape index (κ2) is 8.39. The third-order valence-electron chi connectivity index (χ3n) is 2.43. The van der Waals surface area contributed by atoms with Crippen molar-refractivity contribution in [3.63, 3.8) is 0 Å². The first-order chi connectivity index (χ1) is 7.36. The molecule has 1 aliphatic rings. The normalized spacial score (nSPS) is 19.4. The van der Waals surface area contributed by atoms with Gasteiger partial charge in [0.1, 0.15) is 0 Å². The lowest BCUT2D eigenvalue weighted by Crippen LogP contribution is -2.37. The molecule has 0 aromatic carbocycles. The van der Waals surface area contributed by atoms with Gasteiger partial charge in [0.2, 0.25) is 0 Å². The number of rotatable bonds is 6. The van der Waals surface area contributed by atoms with Gasteiger partial charge < -0.3 is 9.47 Å². The van der Waals surface area contributed by atoms with Crippen molar-refractivity contribution < 1.29 is 9.47 Å². The van der Waals surface area contributed by atoms with Crippen molar-refractivity contribution in [3.05, 3.63) is 0 Å². The molecule has 0 aliphatic carbocycles. The van der Waals surface area contributed by atoms with Crippen LogP contribution in [0.1, 0.15) is 20.3 Å². The molecule has 4 heteroatoms. The number of ether oxygens (including phenoxy) is 2. The van der Waals surface area contributed by atoms with Gasteiger partial charge in [-0.05, 0) is 32.6 Å². The average molecular weight is 233 g/mol. The maximum absolute atomic E-state index is 5.56. The van der Waals surface area contributed by atoms with Crippen molar-refractivity contribution in [1.82, 2.24) is 4.90 Å². The summed E-state index contributed by atoms with van der Waals surface area (Å²) < 4.78 is 11.1. The summed E-state index contributed by atoms with van der Waals surface area (Å²) in [5.74, 6) is 2.54. The Morgan fingerprint density at radius 2 is 1.87 bits per heavy atom. The summed E-state index contributed by atoms with van der Waals surface area (Å²) in [6.07, 6.45) is 1.25. The minimum atomic E-state index is -0.0388. The van der Waals surface area contributed by atoms with Crippen molar-refractivity contribution >= 4 is 11.8 Å². The zero-order valence-electron chi connectivity index (χ0n) is 9.91. The summed E-state index contributed by atoms with van der Waals surface area (Å²) in [6.45, 7) is 8.77. The number of hydrogen-bond donors (Lipinski definition) is 0. The van der Waals surface area contributed by atoms with E-state index in [1.165, 1.54) is 31.0 Å². The Labute approximate surface area is 97.5 Å². The molecular formula is C11H23NO2S. The smallest absolute Gasteiger partial charge is 0.170 e. The van der Waals surface area contributed by atoms with Crippen LogP contribution in [0.2, 0.25) is 0 Å². The summed E-state index contributed by atoms with van der Waals surface area (Å²) in [5, 5.41) is 0. The monoisotopic (exact) mass is 233 g/mol. The summed E-state index contributed by atoms with van der Waals surface area (Å²) in [5.41, 5.74) is 0. The molecule has 3 nitrogen and oxygen atoms in total. The number of nitrogens with zero attached hydrogens (tertiary/aromatic N) is 1. The first-order valence-electron chi connectivity index (χ1n) is 5.90. The van der Waals surface area contributed by atoms with Gasteiger partial charge in [-0.25, -0.2) is 0 Å². The van der Waals surface area contributed by atoms with Crippen LogP contribution in [0, 0.1) is 0 Å². The lowest BCUT2D eigenvalue weighted by molar-refractivity contribution is -0.146. The van der Waals surface area contributed by atoms with Crippen LogP contribution >= 0.6 is 11.8 Å². The van der Waals surface area contributed by atoms with Crippen LogP contribution in [0.15, 0.2) is 0 Å². The van der Waals surface area contributed by atoms with Gasteiger partial charge in [-0.15, -0.1) is 0 Å². The van der Waals surface area contributed by atoms with Gasteiger partial charge in [-0.2, -0.15) is 11.8 Å². The lowest BCUT2D eigenvalue weighted by atomic mass is 10.4. The molecule has 0 unspecified atom stereocenters. The van der Waals surface area contributed by atoms with E-state index in [0.717, 1.165) is 19.8 Å². The highest BCUT2D eigenvalue weighted by Crippen LogP contribution is 2.11. The van der Waals surface area contributed by atoms with Gasteiger partial charge in [0.15, 0.2) is 6.29 Å². The minimum Gasteiger partial charge on any atom is -0.352 e. The predicted molar refractivity (Wildman–Crippen MR) is 65.4 cm³/mol. The van der Waals surface area contributed by atoms with E-state index in [4.69, 9.17) is 9.47 Å². The molecule has 0 aromatic heterocycles. The van der Waals surface area contributed by atoms with Gasteiger partial charge in [0.05, 0.1) is 0 Å². The van der Waals surface area contributed by atoms with E-state index < -0.39 is 0 Å². The third-order valence-corrected chi connectivity index (χ3v) is 3.48. The second-order valence-corrected chi connectivity index (χ2v) is 4.83. The molecule has 0 spiro atoms. The Bertz CT molecular complexity index is 144. The molecule has 1 fully saturated rings. The summed E-state index contributed by atoms with van der Waals surface area (Å²) in [4.78, 5) is 2.45. The van der Waals surface area contributed by atoms with E-state index in [2.05, 4.69) is 4.90 Å². The highest BCUT2D eigenvalue weighted by molar-refractivity contribution is 7.99. The summed E-state index contributed by atoms with van der Waals surface area (Å²) >= 11 is 2.05. The quantitative estimate of drug-likeness (QED) is 0.652. The van der Waals surface area contributed by atoms with Crippen molar-refractivity contribution in [2.75, 3.05) is 44.4 Å². The Morgan fingerprint density at radius 3 is 2.53 bits per heavy atom. The Hall–Kier alpha value is 0.230. The summed E-state index contributed by atoms with van der Waals surface area (Å²) in [7, 11) is 0. The average Bonchev–Trinajstić information content (AvgIpc) is 2.47. The lowest BCUT2D eigenvalue weighted by Gasteiger charge is -2.25. The molecule has 1 heterocycles. The van der Waals surface area contributed by atoms with E-state index in [1.54, 1.807) is 0 Å². The zero-order valence-corrected chi connectivity index (χ0v) is 10.7. The predicted octanol–water partition coefficient (Wildman–Crippen LogP) is 1.82. The molecule has 0 aromatic rings. The molecule has 1 aliphatic heterocycles. The molecule has 1 rings (SSSR count). The topological polar surface area (TPSA) is 21.7 Å². The van der Waals surface area contributed by atoms with Crippen molar-refractivity contribution in [2.45, 2.75) is 26.6 Å². The van der Waals surface area contributed by atoms with Gasteiger partial charge in [0, 0.05) is 32.1 Å². The van der Waals surface area contributed by atoms with E-state index in [0.29, 0.717) is 0 Å². The maximum atomic E-state index is 5.56. The van der Waals surface area contributed by atoms with Crippen LogP contribution in [0.5, 0.6) is 0 Å². The fourth-order valence-electron chi connectivity index (χ4n) is 1.72. The van der Waals surface area contributed by atoms with Crippen LogP contribution in [0.4, 0.5) is 0 Å². The van der Waals surface area contributed by atoms with Crippen LogP contribution in [0.25, 0.3) is 0 Å². The third kappa shape index (κ3) is 5.76. The van der Waals surface area contributed by atoms with E-state index in [1.807, 2.05) is 25.6 Å². The van der Waals surface area contributed by atoms with Crippen LogP contribution in [-0.2, 0) is 9.47 Å².